The van der Waals surface area contributed by atoms with Crippen LogP contribution in [0.4, 0.5) is 17.6 Å². The predicted octanol–water partition coefficient (Wildman–Crippen LogP) is 2.22. The molecule has 10 heteroatoms. The molecule has 3 aromatic rings. The van der Waals surface area contributed by atoms with Gasteiger partial charge in [-0.1, -0.05) is 0 Å². The van der Waals surface area contributed by atoms with Crippen molar-refractivity contribution in [1.29, 1.82) is 5.26 Å². The van der Waals surface area contributed by atoms with Gasteiger partial charge in [0.25, 0.3) is 0 Å². The lowest BCUT2D eigenvalue weighted by Crippen LogP contribution is -2.47. The number of anilines is 3. The summed E-state index contributed by atoms with van der Waals surface area (Å²) in [6.07, 6.45) is 6.67. The van der Waals surface area contributed by atoms with E-state index >= 15 is 0 Å². The van der Waals surface area contributed by atoms with Crippen LogP contribution in [0.15, 0.2) is 18.5 Å². The van der Waals surface area contributed by atoms with Crippen LogP contribution in [0.3, 0.4) is 0 Å². The summed E-state index contributed by atoms with van der Waals surface area (Å²) in [7, 11) is 0. The molecular weight excluding hydrogens is 368 g/mol. The lowest BCUT2D eigenvalue weighted by molar-refractivity contribution is 0.135. The minimum absolute atomic E-state index is 0.327. The lowest BCUT2D eigenvalue weighted by atomic mass is 9.97. The van der Waals surface area contributed by atoms with Crippen LogP contribution in [0, 0.1) is 18.3 Å². The van der Waals surface area contributed by atoms with Crippen LogP contribution < -0.4 is 10.6 Å². The maximum atomic E-state index is 8.92. The average Bonchev–Trinajstić information content (AvgIpc) is 3.39. The van der Waals surface area contributed by atoms with Crippen molar-refractivity contribution in [3.63, 3.8) is 0 Å². The Hall–Kier alpha value is -3.19. The van der Waals surface area contributed by atoms with Gasteiger partial charge in [-0.3, -0.25) is 10.00 Å². The summed E-state index contributed by atoms with van der Waals surface area (Å²) in [6.45, 7) is 2.84. The van der Waals surface area contributed by atoms with E-state index in [0.717, 1.165) is 30.7 Å². The largest absolute Gasteiger partial charge is 0.351 e. The van der Waals surface area contributed by atoms with Crippen molar-refractivity contribution in [1.82, 2.24) is 34.7 Å². The van der Waals surface area contributed by atoms with Gasteiger partial charge in [-0.15, -0.1) is 0 Å². The fourth-order valence-electron chi connectivity index (χ4n) is 4.72. The Morgan fingerprint density at radius 1 is 1.24 bits per heavy atom. The summed E-state index contributed by atoms with van der Waals surface area (Å²) >= 11 is 0. The Labute approximate surface area is 168 Å². The summed E-state index contributed by atoms with van der Waals surface area (Å²) in [6, 6.07) is 7.47. The second kappa shape index (κ2) is 7.33. The van der Waals surface area contributed by atoms with Crippen molar-refractivity contribution >= 4 is 23.2 Å². The van der Waals surface area contributed by atoms with Crippen molar-refractivity contribution in [2.75, 3.05) is 17.2 Å². The van der Waals surface area contributed by atoms with Gasteiger partial charge in [0.1, 0.15) is 12.1 Å². The molecule has 5 rings (SSSR count). The van der Waals surface area contributed by atoms with E-state index in [9.17, 15) is 0 Å². The van der Waals surface area contributed by atoms with Gasteiger partial charge >= 0.3 is 0 Å². The number of hydrogen-bond acceptors (Lipinski definition) is 8. The van der Waals surface area contributed by atoms with Gasteiger partial charge in [0.15, 0.2) is 11.5 Å². The standard InChI is InChI=1S/C19H24N10/c1-12-7-17(27-26-12)24-16-10-18-21-11-22-29(18)19(25-16)23-13-8-14-3-4-15(9-13)28(14)6-2-5-20/h7,10-11,13-15H,2-4,6,8-9H2,1H3,(H,23,25)(H2,24,26,27). The maximum absolute atomic E-state index is 8.92. The molecule has 150 valence electrons. The third-order valence-corrected chi connectivity index (χ3v) is 5.93. The Balaban J connectivity index is 1.35. The van der Waals surface area contributed by atoms with E-state index in [1.54, 1.807) is 10.8 Å². The summed E-state index contributed by atoms with van der Waals surface area (Å²) < 4.78 is 1.74. The number of aromatic nitrogens is 6. The number of hydrogen-bond donors (Lipinski definition) is 3. The van der Waals surface area contributed by atoms with Gasteiger partial charge in [0, 0.05) is 48.9 Å². The third-order valence-electron chi connectivity index (χ3n) is 5.93. The number of aryl methyl sites for hydroxylation is 1. The Morgan fingerprint density at radius 2 is 2.07 bits per heavy atom. The van der Waals surface area contributed by atoms with Crippen LogP contribution in [0.5, 0.6) is 0 Å². The van der Waals surface area contributed by atoms with Gasteiger partial charge in [0.2, 0.25) is 5.95 Å². The molecule has 2 saturated heterocycles. The molecule has 0 spiro atoms. The van der Waals surface area contributed by atoms with E-state index in [2.05, 4.69) is 41.9 Å². The van der Waals surface area contributed by atoms with Crippen molar-refractivity contribution in [2.45, 2.75) is 57.2 Å². The van der Waals surface area contributed by atoms with E-state index in [1.807, 2.05) is 19.1 Å². The predicted molar refractivity (Wildman–Crippen MR) is 108 cm³/mol. The van der Waals surface area contributed by atoms with Gasteiger partial charge in [-0.25, -0.2) is 4.98 Å². The summed E-state index contributed by atoms with van der Waals surface area (Å²) in [5.74, 6) is 2.08. The Morgan fingerprint density at radius 3 is 2.79 bits per heavy atom. The number of nitriles is 1. The zero-order chi connectivity index (χ0) is 19.8. The summed E-state index contributed by atoms with van der Waals surface area (Å²) in [5.41, 5.74) is 1.71. The topological polar surface area (TPSA) is 123 Å². The monoisotopic (exact) mass is 392 g/mol. The molecular formula is C19H24N10. The van der Waals surface area contributed by atoms with Crippen LogP contribution in [0.1, 0.15) is 37.8 Å². The second-order valence-electron chi connectivity index (χ2n) is 7.90. The molecule has 0 radical (unpaired) electrons. The molecule has 0 amide bonds. The van der Waals surface area contributed by atoms with E-state index in [1.165, 1.54) is 12.8 Å². The van der Waals surface area contributed by atoms with E-state index in [4.69, 9.17) is 10.2 Å². The fraction of sp³-hybridized carbons (Fsp3) is 0.526. The molecule has 3 aromatic heterocycles. The number of H-pyrrole nitrogens is 1. The zero-order valence-electron chi connectivity index (χ0n) is 16.3. The van der Waals surface area contributed by atoms with Crippen molar-refractivity contribution < 1.29 is 0 Å². The normalized spacial score (nSPS) is 23.9. The molecule has 0 saturated carbocycles. The highest BCUT2D eigenvalue weighted by Crippen LogP contribution is 2.36. The molecule has 3 N–H and O–H groups in total. The maximum Gasteiger partial charge on any atom is 0.228 e. The second-order valence-corrected chi connectivity index (χ2v) is 7.90. The van der Waals surface area contributed by atoms with Crippen LogP contribution >= 0.6 is 0 Å². The number of rotatable bonds is 6. The molecule has 5 heterocycles. The molecule has 2 unspecified atom stereocenters. The van der Waals surface area contributed by atoms with Gasteiger partial charge in [-0.2, -0.15) is 25.0 Å². The first-order valence-corrected chi connectivity index (χ1v) is 10.1. The first-order chi connectivity index (χ1) is 14.2. The molecule has 10 nitrogen and oxygen atoms in total. The minimum atomic E-state index is 0.327. The number of aromatic amines is 1. The number of nitrogens with zero attached hydrogens (tertiary/aromatic N) is 7. The molecule has 2 bridgehead atoms. The molecule has 0 aliphatic carbocycles. The minimum Gasteiger partial charge on any atom is -0.351 e. The Kier molecular flexibility index (Phi) is 4.52. The van der Waals surface area contributed by atoms with Crippen LogP contribution in [0.25, 0.3) is 5.65 Å². The first-order valence-electron chi connectivity index (χ1n) is 10.1. The number of nitrogens with one attached hydrogen (secondary N) is 3. The molecule has 2 aliphatic rings. The van der Waals surface area contributed by atoms with Crippen molar-refractivity contribution in [2.24, 2.45) is 0 Å². The molecule has 2 aliphatic heterocycles. The quantitative estimate of drug-likeness (QED) is 0.583. The molecule has 2 atom stereocenters. The van der Waals surface area contributed by atoms with Crippen LogP contribution in [-0.4, -0.2) is 59.3 Å². The lowest BCUT2D eigenvalue weighted by Gasteiger charge is -2.38. The van der Waals surface area contributed by atoms with E-state index < -0.39 is 0 Å². The molecule has 2 fully saturated rings. The highest BCUT2D eigenvalue weighted by molar-refractivity contribution is 5.60. The Bertz CT molecular complexity index is 1030. The SMILES string of the molecule is Cc1cc(Nc2cc3ncnn3c(NC3CC4CCC(C3)N4CCC#N)n2)n[nH]1. The zero-order valence-corrected chi connectivity index (χ0v) is 16.3. The summed E-state index contributed by atoms with van der Waals surface area (Å²) in [4.78, 5) is 11.6. The van der Waals surface area contributed by atoms with Crippen molar-refractivity contribution in [3.8, 4) is 6.07 Å². The van der Waals surface area contributed by atoms with Crippen LogP contribution in [-0.2, 0) is 0 Å². The highest BCUT2D eigenvalue weighted by Gasteiger charge is 2.40. The summed E-state index contributed by atoms with van der Waals surface area (Å²) in [5, 5.41) is 27.2. The van der Waals surface area contributed by atoms with Gasteiger partial charge < -0.3 is 10.6 Å². The third kappa shape index (κ3) is 3.49. The fourth-order valence-corrected chi connectivity index (χ4v) is 4.72. The van der Waals surface area contributed by atoms with Crippen LogP contribution in [0.2, 0.25) is 0 Å². The van der Waals surface area contributed by atoms with Gasteiger partial charge in [-0.05, 0) is 32.6 Å². The van der Waals surface area contributed by atoms with Crippen molar-refractivity contribution in [3.05, 3.63) is 24.2 Å². The van der Waals surface area contributed by atoms with E-state index in [-0.39, 0.29) is 0 Å². The molecule has 29 heavy (non-hydrogen) atoms. The first kappa shape index (κ1) is 17.9. The van der Waals surface area contributed by atoms with Gasteiger partial charge in [0.05, 0.1) is 6.07 Å². The highest BCUT2D eigenvalue weighted by atomic mass is 15.4. The average molecular weight is 392 g/mol. The van der Waals surface area contributed by atoms with E-state index in [0.29, 0.717) is 42.1 Å². The number of piperidine rings is 1. The number of fused-ring (bicyclic) bond motifs is 3. The smallest absolute Gasteiger partial charge is 0.228 e. The molecule has 0 aromatic carbocycles.